The van der Waals surface area contributed by atoms with E-state index >= 15 is 0 Å². The Bertz CT molecular complexity index is 359. The Balaban J connectivity index is 2.34. The number of fused-ring (bicyclic) bond motifs is 1. The first kappa shape index (κ1) is 12.1. The van der Waals surface area contributed by atoms with Gasteiger partial charge in [0.2, 0.25) is 0 Å². The van der Waals surface area contributed by atoms with Crippen LogP contribution in [-0.4, -0.2) is 7.25 Å². The number of hydrogen-bond donors (Lipinski definition) is 1. The number of benzene rings is 1. The van der Waals surface area contributed by atoms with E-state index in [1.54, 1.807) is 0 Å². The number of aliphatic hydroxyl groups is 1. The molecular formula is C11H11Br3O. The molecule has 1 N–H and O–H groups in total. The molecule has 15 heavy (non-hydrogen) atoms. The van der Waals surface area contributed by atoms with Crippen molar-refractivity contribution >= 4 is 47.8 Å². The van der Waals surface area contributed by atoms with E-state index in [2.05, 4.69) is 53.9 Å². The van der Waals surface area contributed by atoms with Crippen LogP contribution in [0.2, 0.25) is 0 Å². The van der Waals surface area contributed by atoms with E-state index < -0.39 is 6.10 Å². The highest BCUT2D eigenvalue weighted by Crippen LogP contribution is 2.50. The lowest BCUT2D eigenvalue weighted by molar-refractivity contribution is 0.101. The van der Waals surface area contributed by atoms with Gasteiger partial charge in [0.1, 0.15) is 2.14 Å². The molecule has 0 unspecified atom stereocenters. The molecular weight excluding hydrogens is 388 g/mol. The average Bonchev–Trinajstić information content (AvgIpc) is 2.16. The summed E-state index contributed by atoms with van der Waals surface area (Å²) in [6.07, 6.45) is 1.55. The highest BCUT2D eigenvalue weighted by atomic mass is 80.0. The zero-order valence-electron chi connectivity index (χ0n) is 7.96. The van der Waals surface area contributed by atoms with Gasteiger partial charge >= 0.3 is 0 Å². The zero-order chi connectivity index (χ0) is 11.1. The quantitative estimate of drug-likeness (QED) is 0.652. The van der Waals surface area contributed by atoms with Crippen LogP contribution in [0.25, 0.3) is 0 Å². The summed E-state index contributed by atoms with van der Waals surface area (Å²) in [5, 5.41) is 10.3. The summed E-state index contributed by atoms with van der Waals surface area (Å²) in [5.41, 5.74) is 2.31. The van der Waals surface area contributed by atoms with E-state index in [9.17, 15) is 5.11 Å². The Kier molecular flexibility index (Phi) is 3.61. The molecule has 4 heteroatoms. The fraction of sp³-hybridized carbons (Fsp3) is 0.455. The highest BCUT2D eigenvalue weighted by Gasteiger charge is 2.39. The molecule has 0 aliphatic heterocycles. The Morgan fingerprint density at radius 1 is 1.20 bits per heavy atom. The number of rotatable bonds is 0. The van der Waals surface area contributed by atoms with Crippen molar-refractivity contribution in [3.05, 3.63) is 35.4 Å². The van der Waals surface area contributed by atoms with Gasteiger partial charge in [0, 0.05) is 5.92 Å². The summed E-state index contributed by atoms with van der Waals surface area (Å²) >= 11 is 10.5. The highest BCUT2D eigenvalue weighted by molar-refractivity contribution is 9.39. The number of aliphatic hydroxyl groups excluding tert-OH is 1. The van der Waals surface area contributed by atoms with E-state index in [0.717, 1.165) is 18.4 Å². The van der Waals surface area contributed by atoms with Crippen LogP contribution < -0.4 is 0 Å². The van der Waals surface area contributed by atoms with Gasteiger partial charge in [0.15, 0.2) is 0 Å². The Labute approximate surface area is 115 Å². The summed E-state index contributed by atoms with van der Waals surface area (Å²) in [6, 6.07) is 8.09. The van der Waals surface area contributed by atoms with Gasteiger partial charge in [0.25, 0.3) is 0 Å². The summed E-state index contributed by atoms with van der Waals surface area (Å²) in [5.74, 6) is 0.132. The van der Waals surface area contributed by atoms with Crippen LogP contribution in [0.3, 0.4) is 0 Å². The van der Waals surface area contributed by atoms with Crippen LogP contribution in [0.1, 0.15) is 23.7 Å². The molecule has 1 aromatic rings. The second-order valence-corrected chi connectivity index (χ2v) is 10.8. The topological polar surface area (TPSA) is 20.2 Å². The molecule has 82 valence electrons. The lowest BCUT2D eigenvalue weighted by Crippen LogP contribution is -2.29. The first-order chi connectivity index (χ1) is 7.00. The Hall–Kier alpha value is 0.620. The lowest BCUT2D eigenvalue weighted by Gasteiger charge is -2.35. The van der Waals surface area contributed by atoms with Gasteiger partial charge in [-0.2, -0.15) is 0 Å². The molecule has 0 aromatic heterocycles. The Morgan fingerprint density at radius 3 is 2.53 bits per heavy atom. The number of aryl methyl sites for hydroxylation is 1. The third-order valence-corrected chi connectivity index (χ3v) is 4.66. The van der Waals surface area contributed by atoms with Gasteiger partial charge in [-0.1, -0.05) is 72.1 Å². The largest absolute Gasteiger partial charge is 0.388 e. The molecule has 1 aliphatic rings. The minimum atomic E-state index is -0.423. The Morgan fingerprint density at radius 2 is 1.87 bits per heavy atom. The number of halogens is 3. The maximum absolute atomic E-state index is 10.3. The predicted molar refractivity (Wildman–Crippen MR) is 72.7 cm³/mol. The third kappa shape index (κ3) is 2.48. The fourth-order valence-electron chi connectivity index (χ4n) is 2.08. The molecule has 0 heterocycles. The molecule has 1 aliphatic carbocycles. The maximum Gasteiger partial charge on any atom is 0.140 e. The summed E-state index contributed by atoms with van der Waals surface area (Å²) in [7, 11) is 0. The number of alkyl halides is 3. The smallest absolute Gasteiger partial charge is 0.140 e. The van der Waals surface area contributed by atoms with Crippen molar-refractivity contribution in [1.29, 1.82) is 0 Å². The molecule has 0 spiro atoms. The molecule has 1 aromatic carbocycles. The molecule has 2 rings (SSSR count). The summed E-state index contributed by atoms with van der Waals surface area (Å²) in [6.45, 7) is 0. The van der Waals surface area contributed by atoms with Gasteiger partial charge in [0.05, 0.1) is 6.10 Å². The van der Waals surface area contributed by atoms with Gasteiger partial charge in [-0.05, 0) is 24.0 Å². The number of hydrogen-bond acceptors (Lipinski definition) is 1. The molecule has 0 amide bonds. The van der Waals surface area contributed by atoms with Crippen LogP contribution in [-0.2, 0) is 6.42 Å². The van der Waals surface area contributed by atoms with E-state index in [-0.39, 0.29) is 8.06 Å². The second-order valence-electron chi connectivity index (χ2n) is 3.83. The van der Waals surface area contributed by atoms with Gasteiger partial charge in [-0.25, -0.2) is 0 Å². The van der Waals surface area contributed by atoms with E-state index in [0.29, 0.717) is 0 Å². The van der Waals surface area contributed by atoms with Crippen LogP contribution in [0.15, 0.2) is 24.3 Å². The molecule has 0 saturated carbocycles. The lowest BCUT2D eigenvalue weighted by atomic mass is 9.82. The van der Waals surface area contributed by atoms with Crippen LogP contribution in [0.4, 0.5) is 0 Å². The van der Waals surface area contributed by atoms with Crippen LogP contribution in [0, 0.1) is 5.92 Å². The standard InChI is InChI=1S/C11H11Br3O/c12-11(13,14)9-6-5-7-3-1-2-4-8(7)10(9)15/h1-4,9-10,15H,5-6H2/t9-,10+/m1/s1. The zero-order valence-corrected chi connectivity index (χ0v) is 12.7. The fourth-order valence-corrected chi connectivity index (χ4v) is 3.52. The molecule has 0 radical (unpaired) electrons. The normalized spacial score (nSPS) is 26.1. The van der Waals surface area contributed by atoms with E-state index in [1.807, 2.05) is 18.2 Å². The first-order valence-electron chi connectivity index (χ1n) is 4.82. The van der Waals surface area contributed by atoms with E-state index in [1.165, 1.54) is 5.56 Å². The van der Waals surface area contributed by atoms with Crippen molar-refractivity contribution in [1.82, 2.24) is 0 Å². The van der Waals surface area contributed by atoms with Gasteiger partial charge in [-0.15, -0.1) is 0 Å². The summed E-state index contributed by atoms with van der Waals surface area (Å²) in [4.78, 5) is 0. The minimum absolute atomic E-state index is 0.132. The monoisotopic (exact) mass is 396 g/mol. The van der Waals surface area contributed by atoms with E-state index in [4.69, 9.17) is 0 Å². The predicted octanol–water partition coefficient (Wildman–Crippen LogP) is 4.12. The molecule has 0 bridgehead atoms. The second kappa shape index (κ2) is 4.47. The van der Waals surface area contributed by atoms with Crippen LogP contribution >= 0.6 is 47.8 Å². The van der Waals surface area contributed by atoms with Crippen molar-refractivity contribution in [2.45, 2.75) is 21.1 Å². The first-order valence-corrected chi connectivity index (χ1v) is 7.20. The van der Waals surface area contributed by atoms with Gasteiger partial charge in [-0.3, -0.25) is 0 Å². The van der Waals surface area contributed by atoms with Crippen molar-refractivity contribution in [3.63, 3.8) is 0 Å². The third-order valence-electron chi connectivity index (χ3n) is 2.90. The van der Waals surface area contributed by atoms with Gasteiger partial charge < -0.3 is 5.11 Å². The van der Waals surface area contributed by atoms with Crippen molar-refractivity contribution in [2.75, 3.05) is 0 Å². The summed E-state index contributed by atoms with van der Waals surface area (Å²) < 4.78 is -0.375. The SMILES string of the molecule is O[C@H]1c2ccccc2CC[C@H]1C(Br)(Br)Br. The van der Waals surface area contributed by atoms with Crippen molar-refractivity contribution in [2.24, 2.45) is 5.92 Å². The maximum atomic E-state index is 10.3. The molecule has 2 atom stereocenters. The average molecular weight is 399 g/mol. The molecule has 0 fully saturated rings. The minimum Gasteiger partial charge on any atom is -0.388 e. The van der Waals surface area contributed by atoms with Crippen LogP contribution in [0.5, 0.6) is 0 Å². The van der Waals surface area contributed by atoms with Crippen molar-refractivity contribution < 1.29 is 5.11 Å². The van der Waals surface area contributed by atoms with Crippen molar-refractivity contribution in [3.8, 4) is 0 Å². The molecule has 0 saturated heterocycles. The molecule has 1 nitrogen and oxygen atoms in total.